The number of fused-ring (bicyclic) bond motifs is 2. The minimum Gasteiger partial charge on any atom is -0.198 e. The molecule has 2 nitrogen and oxygen atoms in total. The van der Waals surface area contributed by atoms with Gasteiger partial charge in [-0.15, -0.1) is 23.2 Å². The molecule has 2 unspecified atom stereocenters. The molecule has 0 aliphatic heterocycles. The Labute approximate surface area is 87.0 Å². The van der Waals surface area contributed by atoms with Gasteiger partial charge in [-0.3, -0.25) is 0 Å². The smallest absolute Gasteiger partial charge is 0.0673 e. The second-order valence-corrected chi connectivity index (χ2v) is 4.77. The molecule has 6 atom stereocenters. The van der Waals surface area contributed by atoms with Crippen LogP contribution in [0.4, 0.5) is 0 Å². The molecule has 0 heterocycles. The van der Waals surface area contributed by atoms with E-state index in [-0.39, 0.29) is 34.4 Å². The van der Waals surface area contributed by atoms with Gasteiger partial charge in [0, 0.05) is 0 Å². The van der Waals surface area contributed by atoms with E-state index in [1.807, 2.05) is 0 Å². The maximum absolute atomic E-state index is 8.89. The maximum atomic E-state index is 8.89. The normalized spacial score (nSPS) is 52.9. The van der Waals surface area contributed by atoms with Gasteiger partial charge in [0.1, 0.15) is 0 Å². The van der Waals surface area contributed by atoms with Gasteiger partial charge in [0.25, 0.3) is 0 Å². The Morgan fingerprint density at radius 3 is 1.62 bits per heavy atom. The van der Waals surface area contributed by atoms with E-state index in [0.717, 1.165) is 6.42 Å². The summed E-state index contributed by atoms with van der Waals surface area (Å²) in [6.45, 7) is 0. The summed E-state index contributed by atoms with van der Waals surface area (Å²) in [5, 5.41) is 17.5. The highest BCUT2D eigenvalue weighted by molar-refractivity contribution is 6.30. The van der Waals surface area contributed by atoms with Crippen molar-refractivity contribution in [2.75, 3.05) is 0 Å². The average Bonchev–Trinajstić information content (AvgIpc) is 2.63. The van der Waals surface area contributed by atoms with Crippen LogP contribution >= 0.6 is 23.2 Å². The Morgan fingerprint density at radius 1 is 0.923 bits per heavy atom. The summed E-state index contributed by atoms with van der Waals surface area (Å²) < 4.78 is 0. The van der Waals surface area contributed by atoms with E-state index >= 15 is 0 Å². The Morgan fingerprint density at radius 2 is 1.31 bits per heavy atom. The lowest BCUT2D eigenvalue weighted by Crippen LogP contribution is -2.35. The van der Waals surface area contributed by atoms with Gasteiger partial charge < -0.3 is 0 Å². The maximum Gasteiger partial charge on any atom is 0.0673 e. The Kier molecular flexibility index (Phi) is 2.14. The number of nitrogens with zero attached hydrogens (tertiary/aromatic N) is 2. The van der Waals surface area contributed by atoms with Gasteiger partial charge >= 0.3 is 0 Å². The van der Waals surface area contributed by atoms with Gasteiger partial charge in [-0.1, -0.05) is 0 Å². The first-order valence-corrected chi connectivity index (χ1v) is 5.15. The van der Waals surface area contributed by atoms with Crippen molar-refractivity contribution in [3.8, 4) is 12.1 Å². The molecule has 0 amide bonds. The summed E-state index contributed by atoms with van der Waals surface area (Å²) in [5.41, 5.74) is 0. The molecule has 0 saturated heterocycles. The molecule has 2 fully saturated rings. The monoisotopic (exact) mass is 214 g/mol. The number of rotatable bonds is 0. The minimum atomic E-state index is -0.201. The third-order valence-electron chi connectivity index (χ3n) is 3.27. The summed E-state index contributed by atoms with van der Waals surface area (Å²) in [6, 6.07) is 4.36. The minimum absolute atomic E-state index is 0.124. The molecule has 2 rings (SSSR count). The van der Waals surface area contributed by atoms with Crippen LogP contribution in [-0.4, -0.2) is 10.8 Å². The summed E-state index contributed by atoms with van der Waals surface area (Å²) in [6.07, 6.45) is 0.846. The SMILES string of the molecule is N#C[C@@H]1[C@H](C#N)[C@H]2C[C@@H]1C(Cl)C2Cl. The zero-order valence-electron chi connectivity index (χ0n) is 6.82. The van der Waals surface area contributed by atoms with Crippen LogP contribution in [0.3, 0.4) is 0 Å². The van der Waals surface area contributed by atoms with Crippen LogP contribution in [0.25, 0.3) is 0 Å². The third kappa shape index (κ3) is 1.06. The van der Waals surface area contributed by atoms with Crippen LogP contribution in [0.15, 0.2) is 0 Å². The van der Waals surface area contributed by atoms with Crippen LogP contribution in [0, 0.1) is 46.3 Å². The van der Waals surface area contributed by atoms with E-state index in [1.54, 1.807) is 0 Å². The van der Waals surface area contributed by atoms with Crippen molar-refractivity contribution in [3.63, 3.8) is 0 Å². The first-order valence-electron chi connectivity index (χ1n) is 4.28. The van der Waals surface area contributed by atoms with Gasteiger partial charge in [0.05, 0.1) is 34.7 Å². The van der Waals surface area contributed by atoms with E-state index in [1.165, 1.54) is 0 Å². The standard InChI is InChI=1S/C9H8Cl2N2/c10-8-4-1-5(9(8)11)7(3-13)6(4)2-12/h4-9H,1H2/t4-,5+,6-,7+,8?,9?. The van der Waals surface area contributed by atoms with Crippen molar-refractivity contribution in [3.05, 3.63) is 0 Å². The number of halogens is 2. The fourth-order valence-electron chi connectivity index (χ4n) is 2.62. The first kappa shape index (κ1) is 9.13. The van der Waals surface area contributed by atoms with E-state index < -0.39 is 0 Å². The molecule has 2 saturated carbocycles. The number of hydrogen-bond acceptors (Lipinski definition) is 2. The molecule has 2 aliphatic rings. The van der Waals surface area contributed by atoms with Crippen LogP contribution in [0.5, 0.6) is 0 Å². The zero-order chi connectivity index (χ0) is 9.59. The van der Waals surface area contributed by atoms with Crippen molar-refractivity contribution >= 4 is 23.2 Å². The highest BCUT2D eigenvalue weighted by Crippen LogP contribution is 2.55. The van der Waals surface area contributed by atoms with Crippen LogP contribution in [0.1, 0.15) is 6.42 Å². The van der Waals surface area contributed by atoms with Gasteiger partial charge in [0.2, 0.25) is 0 Å². The molecule has 0 aromatic heterocycles. The summed E-state index contributed by atoms with van der Waals surface area (Å²) in [5.74, 6) is -0.146. The summed E-state index contributed by atoms with van der Waals surface area (Å²) in [4.78, 5) is 0. The molecule has 2 bridgehead atoms. The van der Waals surface area contributed by atoms with E-state index in [2.05, 4.69) is 12.1 Å². The predicted molar refractivity (Wildman–Crippen MR) is 49.1 cm³/mol. The molecular weight excluding hydrogens is 207 g/mol. The van der Waals surface area contributed by atoms with Crippen LogP contribution < -0.4 is 0 Å². The molecule has 68 valence electrons. The Bertz CT molecular complexity index is 274. The van der Waals surface area contributed by atoms with Crippen LogP contribution in [-0.2, 0) is 0 Å². The van der Waals surface area contributed by atoms with E-state index in [9.17, 15) is 0 Å². The Hall–Kier alpha value is -0.440. The second-order valence-electron chi connectivity index (χ2n) is 3.76. The number of hydrogen-bond donors (Lipinski definition) is 0. The van der Waals surface area contributed by atoms with Crippen molar-refractivity contribution in [2.45, 2.75) is 17.2 Å². The first-order chi connectivity index (χ1) is 6.20. The summed E-state index contributed by atoms with van der Waals surface area (Å²) in [7, 11) is 0. The van der Waals surface area contributed by atoms with Crippen molar-refractivity contribution in [1.82, 2.24) is 0 Å². The Balaban J connectivity index is 2.30. The zero-order valence-corrected chi connectivity index (χ0v) is 8.33. The predicted octanol–water partition coefficient (Wildman–Crippen LogP) is 2.13. The molecule has 0 aromatic rings. The molecule has 4 heteroatoms. The molecular formula is C9H8Cl2N2. The number of nitriles is 2. The molecule has 13 heavy (non-hydrogen) atoms. The van der Waals surface area contributed by atoms with Gasteiger partial charge in [-0.05, 0) is 18.3 Å². The molecule has 0 N–H and O–H groups in total. The van der Waals surface area contributed by atoms with E-state index in [4.69, 9.17) is 33.7 Å². The van der Waals surface area contributed by atoms with Gasteiger partial charge in [-0.25, -0.2) is 0 Å². The average molecular weight is 215 g/mol. The quantitative estimate of drug-likeness (QED) is 0.581. The van der Waals surface area contributed by atoms with Crippen molar-refractivity contribution in [1.29, 1.82) is 10.5 Å². The lowest BCUT2D eigenvalue weighted by atomic mass is 9.80. The molecule has 2 aliphatic carbocycles. The fourth-order valence-corrected chi connectivity index (χ4v) is 3.51. The lowest BCUT2D eigenvalue weighted by molar-refractivity contribution is 0.342. The van der Waals surface area contributed by atoms with E-state index in [0.29, 0.717) is 0 Å². The molecule has 0 radical (unpaired) electrons. The van der Waals surface area contributed by atoms with Gasteiger partial charge in [-0.2, -0.15) is 10.5 Å². The largest absolute Gasteiger partial charge is 0.198 e. The third-order valence-corrected chi connectivity index (χ3v) is 4.59. The van der Waals surface area contributed by atoms with Crippen molar-refractivity contribution in [2.24, 2.45) is 23.7 Å². The fraction of sp³-hybridized carbons (Fsp3) is 0.778. The molecule has 0 aromatic carbocycles. The second kappa shape index (κ2) is 3.05. The number of alkyl halides is 2. The van der Waals surface area contributed by atoms with Crippen LogP contribution in [0.2, 0.25) is 0 Å². The molecule has 0 spiro atoms. The topological polar surface area (TPSA) is 47.6 Å². The summed E-state index contributed by atoms with van der Waals surface area (Å²) >= 11 is 12.1. The van der Waals surface area contributed by atoms with Crippen molar-refractivity contribution < 1.29 is 0 Å². The highest BCUT2D eigenvalue weighted by Gasteiger charge is 2.57. The lowest BCUT2D eigenvalue weighted by Gasteiger charge is -2.28. The highest BCUT2D eigenvalue weighted by atomic mass is 35.5. The van der Waals surface area contributed by atoms with Gasteiger partial charge in [0.15, 0.2) is 0 Å².